The average molecular weight is 304 g/mol. The van der Waals surface area contributed by atoms with Gasteiger partial charge in [0.25, 0.3) is 5.56 Å². The number of methoxy groups -OCH3 is 1. The zero-order valence-corrected chi connectivity index (χ0v) is 13.7. The number of rotatable bonds is 6. The fourth-order valence-electron chi connectivity index (χ4n) is 2.53. The van der Waals surface area contributed by atoms with E-state index in [2.05, 4.69) is 4.98 Å². The maximum Gasteiger partial charge on any atom is 0.261 e. The summed E-state index contributed by atoms with van der Waals surface area (Å²) in [6.07, 6.45) is 3.99. The second-order valence-corrected chi connectivity index (χ2v) is 6.39. The van der Waals surface area contributed by atoms with E-state index in [-0.39, 0.29) is 11.6 Å². The van der Waals surface area contributed by atoms with E-state index in [0.717, 1.165) is 12.8 Å². The van der Waals surface area contributed by atoms with Gasteiger partial charge in [0.15, 0.2) is 0 Å². The van der Waals surface area contributed by atoms with Crippen molar-refractivity contribution in [2.24, 2.45) is 0 Å². The van der Waals surface area contributed by atoms with Crippen LogP contribution < -0.4 is 10.3 Å². The molecule has 5 nitrogen and oxygen atoms in total. The average Bonchev–Trinajstić information content (AvgIpc) is 2.46. The molecule has 120 valence electrons. The number of benzene rings is 1. The van der Waals surface area contributed by atoms with Crippen molar-refractivity contribution in [3.8, 4) is 5.75 Å². The number of hydrogen-bond donors (Lipinski definition) is 1. The molecule has 0 bridgehead atoms. The summed E-state index contributed by atoms with van der Waals surface area (Å²) < 4.78 is 6.84. The number of aromatic nitrogens is 2. The van der Waals surface area contributed by atoms with Crippen molar-refractivity contribution in [1.29, 1.82) is 0 Å². The second kappa shape index (κ2) is 6.48. The van der Waals surface area contributed by atoms with Crippen LogP contribution in [0.2, 0.25) is 0 Å². The lowest BCUT2D eigenvalue weighted by atomic mass is 9.99. The van der Waals surface area contributed by atoms with Crippen LogP contribution in [0.25, 0.3) is 10.9 Å². The molecule has 1 atom stereocenters. The Bertz CT molecular complexity index is 701. The fraction of sp³-hybridized carbons (Fsp3) is 0.529. The molecule has 0 aliphatic heterocycles. The van der Waals surface area contributed by atoms with Gasteiger partial charge in [-0.2, -0.15) is 0 Å². The molecule has 5 heteroatoms. The smallest absolute Gasteiger partial charge is 0.261 e. The molecule has 1 heterocycles. The van der Waals surface area contributed by atoms with Crippen LogP contribution in [0.1, 0.15) is 46.1 Å². The first-order valence-corrected chi connectivity index (χ1v) is 7.59. The molecule has 1 N–H and O–H groups in total. The van der Waals surface area contributed by atoms with Gasteiger partial charge in [-0.1, -0.05) is 0 Å². The number of hydrogen-bond acceptors (Lipinski definition) is 4. The van der Waals surface area contributed by atoms with E-state index in [1.54, 1.807) is 50.1 Å². The molecule has 0 amide bonds. The van der Waals surface area contributed by atoms with E-state index in [1.165, 1.54) is 0 Å². The summed E-state index contributed by atoms with van der Waals surface area (Å²) in [6, 6.07) is 5.35. The summed E-state index contributed by atoms with van der Waals surface area (Å²) in [5.74, 6) is 0.652. The second-order valence-electron chi connectivity index (χ2n) is 6.39. The van der Waals surface area contributed by atoms with Gasteiger partial charge in [-0.25, -0.2) is 4.98 Å². The molecule has 2 aromatic rings. The summed E-state index contributed by atoms with van der Waals surface area (Å²) in [7, 11) is 1.58. The van der Waals surface area contributed by atoms with Crippen LogP contribution in [-0.4, -0.2) is 27.4 Å². The number of aliphatic hydroxyl groups is 1. The molecule has 0 aliphatic carbocycles. The van der Waals surface area contributed by atoms with Crippen LogP contribution in [0.3, 0.4) is 0 Å². The SMILES string of the molecule is COc1ccc2ncn(C(C)CCCC(C)(C)O)c(=O)c2c1. The first kappa shape index (κ1) is 16.5. The quantitative estimate of drug-likeness (QED) is 0.891. The van der Waals surface area contributed by atoms with Crippen LogP contribution in [0.4, 0.5) is 0 Å². The van der Waals surface area contributed by atoms with Crippen LogP contribution in [0, 0.1) is 0 Å². The molecule has 0 radical (unpaired) electrons. The zero-order valence-electron chi connectivity index (χ0n) is 13.7. The van der Waals surface area contributed by atoms with Gasteiger partial charge >= 0.3 is 0 Å². The highest BCUT2D eigenvalue weighted by Gasteiger charge is 2.15. The lowest BCUT2D eigenvalue weighted by molar-refractivity contribution is 0.0671. The Kier molecular flexibility index (Phi) is 4.86. The fourth-order valence-corrected chi connectivity index (χ4v) is 2.53. The Morgan fingerprint density at radius 1 is 1.41 bits per heavy atom. The molecule has 0 spiro atoms. The van der Waals surface area contributed by atoms with E-state index in [9.17, 15) is 9.90 Å². The topological polar surface area (TPSA) is 64.3 Å². The molecule has 0 aliphatic rings. The van der Waals surface area contributed by atoms with Crippen molar-refractivity contribution in [3.63, 3.8) is 0 Å². The molecule has 0 saturated carbocycles. The third-order valence-electron chi connectivity index (χ3n) is 3.88. The molecular formula is C17H24N2O3. The van der Waals surface area contributed by atoms with E-state index in [0.29, 0.717) is 23.1 Å². The molecule has 1 aromatic heterocycles. The molecule has 1 aromatic carbocycles. The maximum absolute atomic E-state index is 12.6. The van der Waals surface area contributed by atoms with Crippen LogP contribution in [0.5, 0.6) is 5.75 Å². The van der Waals surface area contributed by atoms with Gasteiger partial charge < -0.3 is 9.84 Å². The first-order valence-electron chi connectivity index (χ1n) is 7.59. The minimum atomic E-state index is -0.667. The van der Waals surface area contributed by atoms with Crippen molar-refractivity contribution in [1.82, 2.24) is 9.55 Å². The van der Waals surface area contributed by atoms with Crippen LogP contribution in [0.15, 0.2) is 29.3 Å². The predicted octanol–water partition coefficient (Wildman–Crippen LogP) is 2.91. The summed E-state index contributed by atoms with van der Waals surface area (Å²) in [6.45, 7) is 5.60. The van der Waals surface area contributed by atoms with Crippen molar-refractivity contribution < 1.29 is 9.84 Å². The van der Waals surface area contributed by atoms with Gasteiger partial charge in [-0.3, -0.25) is 9.36 Å². The van der Waals surface area contributed by atoms with Gasteiger partial charge in [0, 0.05) is 6.04 Å². The van der Waals surface area contributed by atoms with E-state index in [1.807, 2.05) is 6.92 Å². The van der Waals surface area contributed by atoms with Gasteiger partial charge in [0.2, 0.25) is 0 Å². The summed E-state index contributed by atoms with van der Waals surface area (Å²) >= 11 is 0. The first-order chi connectivity index (χ1) is 10.3. The molecule has 0 saturated heterocycles. The molecule has 0 fully saturated rings. The highest BCUT2D eigenvalue weighted by atomic mass is 16.5. The minimum absolute atomic E-state index is 0.0398. The minimum Gasteiger partial charge on any atom is -0.497 e. The summed E-state index contributed by atoms with van der Waals surface area (Å²) in [4.78, 5) is 17.0. The van der Waals surface area contributed by atoms with Crippen molar-refractivity contribution in [2.75, 3.05) is 7.11 Å². The number of fused-ring (bicyclic) bond motifs is 1. The van der Waals surface area contributed by atoms with E-state index < -0.39 is 5.60 Å². The van der Waals surface area contributed by atoms with Crippen LogP contribution in [-0.2, 0) is 0 Å². The van der Waals surface area contributed by atoms with Crippen molar-refractivity contribution in [3.05, 3.63) is 34.9 Å². The molecule has 22 heavy (non-hydrogen) atoms. The lowest BCUT2D eigenvalue weighted by Crippen LogP contribution is -2.24. The van der Waals surface area contributed by atoms with Gasteiger partial charge in [-0.05, 0) is 58.2 Å². The Hall–Kier alpha value is -1.88. The highest BCUT2D eigenvalue weighted by molar-refractivity contribution is 5.78. The highest BCUT2D eigenvalue weighted by Crippen LogP contribution is 2.20. The third-order valence-corrected chi connectivity index (χ3v) is 3.88. The Morgan fingerprint density at radius 2 is 2.14 bits per heavy atom. The standard InChI is InChI=1S/C17H24N2O3/c1-12(6-5-9-17(2,3)21)19-11-18-15-8-7-13(22-4)10-14(15)16(19)20/h7-8,10-12,21H,5-6,9H2,1-4H3. The van der Waals surface area contributed by atoms with Crippen molar-refractivity contribution >= 4 is 10.9 Å². The Balaban J connectivity index is 2.24. The Labute approximate surface area is 130 Å². The van der Waals surface area contributed by atoms with E-state index >= 15 is 0 Å². The summed E-state index contributed by atoms with van der Waals surface area (Å²) in [5, 5.41) is 10.3. The number of ether oxygens (including phenoxy) is 1. The van der Waals surface area contributed by atoms with E-state index in [4.69, 9.17) is 4.74 Å². The zero-order chi connectivity index (χ0) is 16.3. The molecular weight excluding hydrogens is 280 g/mol. The van der Waals surface area contributed by atoms with Gasteiger partial charge in [-0.15, -0.1) is 0 Å². The monoisotopic (exact) mass is 304 g/mol. The largest absolute Gasteiger partial charge is 0.497 e. The molecule has 1 unspecified atom stereocenters. The Morgan fingerprint density at radius 3 is 2.77 bits per heavy atom. The van der Waals surface area contributed by atoms with Gasteiger partial charge in [0.1, 0.15) is 5.75 Å². The maximum atomic E-state index is 12.6. The van der Waals surface area contributed by atoms with Crippen LogP contribution >= 0.6 is 0 Å². The third kappa shape index (κ3) is 3.85. The summed E-state index contributed by atoms with van der Waals surface area (Å²) in [5.41, 5.74) is -0.0509. The van der Waals surface area contributed by atoms with Gasteiger partial charge in [0.05, 0.1) is 29.9 Å². The van der Waals surface area contributed by atoms with Crippen molar-refractivity contribution in [2.45, 2.75) is 51.7 Å². The molecule has 2 rings (SSSR count). The predicted molar refractivity (Wildman–Crippen MR) is 87.4 cm³/mol. The number of nitrogens with zero attached hydrogens (tertiary/aromatic N) is 2. The normalized spacial score (nSPS) is 13.3. The lowest BCUT2D eigenvalue weighted by Gasteiger charge is -2.19.